The molecule has 0 radical (unpaired) electrons. The standard InChI is InChI=1S/C17H18FNO2/c1-2-19(16-10-8-15(18)9-11-16)17(20)13-21-12-14-6-4-3-5-7-14/h3-11H,2,12-13H2,1H3. The number of nitrogens with zero attached hydrogens (tertiary/aromatic N) is 1. The van der Waals surface area contributed by atoms with Crippen molar-refractivity contribution >= 4 is 11.6 Å². The summed E-state index contributed by atoms with van der Waals surface area (Å²) in [6, 6.07) is 15.6. The first kappa shape index (κ1) is 15.2. The third kappa shape index (κ3) is 4.39. The highest BCUT2D eigenvalue weighted by Gasteiger charge is 2.13. The SMILES string of the molecule is CCN(C(=O)COCc1ccccc1)c1ccc(F)cc1. The molecule has 0 aromatic heterocycles. The maximum Gasteiger partial charge on any atom is 0.252 e. The van der Waals surface area contributed by atoms with Crippen molar-refractivity contribution in [3.05, 3.63) is 66.0 Å². The quantitative estimate of drug-likeness (QED) is 0.815. The Morgan fingerprint density at radius 2 is 1.76 bits per heavy atom. The fourth-order valence-electron chi connectivity index (χ4n) is 2.03. The van der Waals surface area contributed by atoms with E-state index in [9.17, 15) is 9.18 Å². The molecule has 0 saturated heterocycles. The molecule has 0 aliphatic carbocycles. The Kier molecular flexibility index (Phi) is 5.46. The van der Waals surface area contributed by atoms with Crippen molar-refractivity contribution in [1.82, 2.24) is 0 Å². The molecule has 0 heterocycles. The maximum atomic E-state index is 12.9. The first-order chi connectivity index (χ1) is 10.2. The lowest BCUT2D eigenvalue weighted by Crippen LogP contribution is -2.33. The van der Waals surface area contributed by atoms with Crippen molar-refractivity contribution in [2.75, 3.05) is 18.1 Å². The summed E-state index contributed by atoms with van der Waals surface area (Å²) < 4.78 is 18.4. The molecule has 4 heteroatoms. The van der Waals surface area contributed by atoms with Crippen LogP contribution in [0.4, 0.5) is 10.1 Å². The van der Waals surface area contributed by atoms with Gasteiger partial charge < -0.3 is 9.64 Å². The van der Waals surface area contributed by atoms with Crippen LogP contribution >= 0.6 is 0 Å². The van der Waals surface area contributed by atoms with E-state index < -0.39 is 0 Å². The Morgan fingerprint density at radius 1 is 1.10 bits per heavy atom. The van der Waals surface area contributed by atoms with Gasteiger partial charge in [0.05, 0.1) is 6.61 Å². The Morgan fingerprint density at radius 3 is 2.38 bits per heavy atom. The number of carbonyl (C=O) groups is 1. The fraction of sp³-hybridized carbons (Fsp3) is 0.235. The predicted molar refractivity (Wildman–Crippen MR) is 80.5 cm³/mol. The molecule has 0 aliphatic heterocycles. The van der Waals surface area contributed by atoms with Crippen molar-refractivity contribution < 1.29 is 13.9 Å². The molecule has 1 amide bonds. The van der Waals surface area contributed by atoms with Crippen molar-refractivity contribution in [3.8, 4) is 0 Å². The molecule has 0 bridgehead atoms. The number of ether oxygens (including phenoxy) is 1. The summed E-state index contributed by atoms with van der Waals surface area (Å²) in [5, 5.41) is 0. The molecular formula is C17H18FNO2. The maximum absolute atomic E-state index is 12.9. The third-order valence-electron chi connectivity index (χ3n) is 3.09. The smallest absolute Gasteiger partial charge is 0.252 e. The number of halogens is 1. The average Bonchev–Trinajstić information content (AvgIpc) is 2.51. The van der Waals surface area contributed by atoms with Crippen LogP contribution in [0.1, 0.15) is 12.5 Å². The number of amides is 1. The van der Waals surface area contributed by atoms with E-state index in [2.05, 4.69) is 0 Å². The molecule has 0 aliphatic rings. The molecule has 0 atom stereocenters. The first-order valence-corrected chi connectivity index (χ1v) is 6.88. The van der Waals surface area contributed by atoms with Crippen molar-refractivity contribution in [3.63, 3.8) is 0 Å². The summed E-state index contributed by atoms with van der Waals surface area (Å²) in [5.74, 6) is -0.456. The van der Waals surface area contributed by atoms with Crippen LogP contribution in [0.5, 0.6) is 0 Å². The molecule has 2 aromatic rings. The van der Waals surface area contributed by atoms with Crippen LogP contribution in [0.2, 0.25) is 0 Å². The molecule has 0 spiro atoms. The summed E-state index contributed by atoms with van der Waals surface area (Å²) in [4.78, 5) is 13.7. The van der Waals surface area contributed by atoms with E-state index in [1.807, 2.05) is 37.3 Å². The highest BCUT2D eigenvalue weighted by molar-refractivity contribution is 5.94. The number of hydrogen-bond acceptors (Lipinski definition) is 2. The number of carbonyl (C=O) groups excluding carboxylic acids is 1. The van der Waals surface area contributed by atoms with Crippen molar-refractivity contribution in [2.45, 2.75) is 13.5 Å². The van der Waals surface area contributed by atoms with Crippen LogP contribution in [0.15, 0.2) is 54.6 Å². The number of hydrogen-bond donors (Lipinski definition) is 0. The van der Waals surface area contributed by atoms with E-state index in [1.165, 1.54) is 12.1 Å². The lowest BCUT2D eigenvalue weighted by atomic mass is 10.2. The van der Waals surface area contributed by atoms with Crippen LogP contribution in [-0.2, 0) is 16.1 Å². The molecule has 2 aromatic carbocycles. The summed E-state index contributed by atoms with van der Waals surface area (Å²) in [6.45, 7) is 2.78. The Bertz CT molecular complexity index is 569. The molecule has 0 saturated carbocycles. The Hall–Kier alpha value is -2.20. The van der Waals surface area contributed by atoms with Gasteiger partial charge in [-0.1, -0.05) is 30.3 Å². The Balaban J connectivity index is 1.90. The van der Waals surface area contributed by atoms with E-state index in [0.717, 1.165) is 5.56 Å². The van der Waals surface area contributed by atoms with E-state index >= 15 is 0 Å². The van der Waals surface area contributed by atoms with E-state index in [0.29, 0.717) is 18.8 Å². The van der Waals surface area contributed by atoms with Gasteiger partial charge in [-0.3, -0.25) is 4.79 Å². The lowest BCUT2D eigenvalue weighted by molar-refractivity contribution is -0.123. The van der Waals surface area contributed by atoms with Crippen LogP contribution < -0.4 is 4.90 Å². The minimum Gasteiger partial charge on any atom is -0.367 e. The zero-order valence-electron chi connectivity index (χ0n) is 12.0. The molecule has 0 fully saturated rings. The second-order valence-electron chi connectivity index (χ2n) is 4.59. The van der Waals surface area contributed by atoms with Crippen LogP contribution in [-0.4, -0.2) is 19.1 Å². The van der Waals surface area contributed by atoms with Gasteiger partial charge in [-0.2, -0.15) is 0 Å². The van der Waals surface area contributed by atoms with Gasteiger partial charge in [-0.25, -0.2) is 4.39 Å². The highest BCUT2D eigenvalue weighted by Crippen LogP contribution is 2.15. The molecule has 21 heavy (non-hydrogen) atoms. The second-order valence-corrected chi connectivity index (χ2v) is 4.59. The average molecular weight is 287 g/mol. The van der Waals surface area contributed by atoms with E-state index in [4.69, 9.17) is 4.74 Å². The largest absolute Gasteiger partial charge is 0.367 e. The van der Waals surface area contributed by atoms with Crippen molar-refractivity contribution in [2.24, 2.45) is 0 Å². The topological polar surface area (TPSA) is 29.5 Å². The summed E-state index contributed by atoms with van der Waals surface area (Å²) in [6.07, 6.45) is 0. The molecule has 110 valence electrons. The minimum atomic E-state index is -0.317. The van der Waals surface area contributed by atoms with Gasteiger partial charge in [0.15, 0.2) is 0 Å². The zero-order chi connectivity index (χ0) is 15.1. The minimum absolute atomic E-state index is 0.000110. The van der Waals surface area contributed by atoms with Gasteiger partial charge >= 0.3 is 0 Å². The molecule has 2 rings (SSSR count). The highest BCUT2D eigenvalue weighted by atomic mass is 19.1. The lowest BCUT2D eigenvalue weighted by Gasteiger charge is -2.21. The number of likely N-dealkylation sites (N-methyl/N-ethyl adjacent to an activating group) is 1. The predicted octanol–water partition coefficient (Wildman–Crippen LogP) is 3.40. The second kappa shape index (κ2) is 7.55. The van der Waals surface area contributed by atoms with Crippen molar-refractivity contribution in [1.29, 1.82) is 0 Å². The van der Waals surface area contributed by atoms with Crippen LogP contribution in [0, 0.1) is 5.82 Å². The Labute approximate surface area is 124 Å². The van der Waals surface area contributed by atoms with Crippen LogP contribution in [0.25, 0.3) is 0 Å². The normalized spacial score (nSPS) is 10.4. The molecule has 0 unspecified atom stereocenters. The monoisotopic (exact) mass is 287 g/mol. The van der Waals surface area contributed by atoms with E-state index in [-0.39, 0.29) is 18.3 Å². The summed E-state index contributed by atoms with van der Waals surface area (Å²) in [5.41, 5.74) is 1.70. The third-order valence-corrected chi connectivity index (χ3v) is 3.09. The van der Waals surface area contributed by atoms with Gasteiger partial charge in [0, 0.05) is 12.2 Å². The van der Waals surface area contributed by atoms with Gasteiger partial charge in [0.1, 0.15) is 12.4 Å². The number of anilines is 1. The van der Waals surface area contributed by atoms with Gasteiger partial charge in [-0.05, 0) is 36.8 Å². The van der Waals surface area contributed by atoms with Gasteiger partial charge in [-0.15, -0.1) is 0 Å². The van der Waals surface area contributed by atoms with E-state index in [1.54, 1.807) is 17.0 Å². The van der Waals surface area contributed by atoms with Gasteiger partial charge in [0.2, 0.25) is 0 Å². The first-order valence-electron chi connectivity index (χ1n) is 6.88. The molecule has 0 N–H and O–H groups in total. The fourth-order valence-corrected chi connectivity index (χ4v) is 2.03. The number of rotatable bonds is 6. The summed E-state index contributed by atoms with van der Waals surface area (Å²) in [7, 11) is 0. The van der Waals surface area contributed by atoms with Crippen LogP contribution in [0.3, 0.4) is 0 Å². The molecular weight excluding hydrogens is 269 g/mol. The summed E-state index contributed by atoms with van der Waals surface area (Å²) >= 11 is 0. The number of benzene rings is 2. The molecule has 3 nitrogen and oxygen atoms in total. The zero-order valence-corrected chi connectivity index (χ0v) is 12.0. The van der Waals surface area contributed by atoms with Gasteiger partial charge in [0.25, 0.3) is 5.91 Å².